The van der Waals surface area contributed by atoms with Crippen molar-refractivity contribution in [2.45, 2.75) is 46.0 Å². The smallest absolute Gasteiger partial charge is 0.231 e. The second kappa shape index (κ2) is 9.91. The van der Waals surface area contributed by atoms with E-state index in [1.807, 2.05) is 43.3 Å². The Labute approximate surface area is 162 Å². The third-order valence-electron chi connectivity index (χ3n) is 4.66. The van der Waals surface area contributed by atoms with Crippen molar-refractivity contribution in [3.8, 4) is 0 Å². The molecular formula is C23H30N2O2. The van der Waals surface area contributed by atoms with Crippen LogP contribution in [-0.2, 0) is 22.4 Å². The number of hydrogen-bond donors (Lipinski definition) is 2. The van der Waals surface area contributed by atoms with Crippen LogP contribution in [0.2, 0.25) is 0 Å². The van der Waals surface area contributed by atoms with E-state index in [1.165, 1.54) is 5.56 Å². The van der Waals surface area contributed by atoms with Crippen LogP contribution in [0.5, 0.6) is 0 Å². The number of aryl methyl sites for hydroxylation is 1. The van der Waals surface area contributed by atoms with Crippen LogP contribution in [0.1, 0.15) is 49.8 Å². The topological polar surface area (TPSA) is 58.2 Å². The fourth-order valence-corrected chi connectivity index (χ4v) is 2.95. The molecule has 27 heavy (non-hydrogen) atoms. The van der Waals surface area contributed by atoms with Gasteiger partial charge in [0.2, 0.25) is 11.8 Å². The number of carbonyl (C=O) groups is 2. The molecule has 2 aromatic carbocycles. The molecule has 1 unspecified atom stereocenters. The maximum Gasteiger partial charge on any atom is 0.231 e. The van der Waals surface area contributed by atoms with E-state index in [4.69, 9.17) is 0 Å². The van der Waals surface area contributed by atoms with Crippen molar-refractivity contribution in [2.75, 3.05) is 12.4 Å². The summed E-state index contributed by atoms with van der Waals surface area (Å²) in [6.07, 6.45) is 2.20. The summed E-state index contributed by atoms with van der Waals surface area (Å²) in [5, 5.41) is 5.59. The normalized spacial score (nSPS) is 11.9. The SMILES string of the molecule is CNC(=O)CCc1ccc(NC(=O)C(C)c2ccc(CC(C)C)cc2)cc1. The summed E-state index contributed by atoms with van der Waals surface area (Å²) >= 11 is 0. The lowest BCUT2D eigenvalue weighted by atomic mass is 9.96. The molecule has 0 aliphatic carbocycles. The van der Waals surface area contributed by atoms with Gasteiger partial charge in [0.25, 0.3) is 0 Å². The van der Waals surface area contributed by atoms with Gasteiger partial charge in [-0.05, 0) is 54.5 Å². The van der Waals surface area contributed by atoms with Gasteiger partial charge in [-0.2, -0.15) is 0 Å². The van der Waals surface area contributed by atoms with Gasteiger partial charge in [-0.1, -0.05) is 50.2 Å². The summed E-state index contributed by atoms with van der Waals surface area (Å²) < 4.78 is 0. The highest BCUT2D eigenvalue weighted by molar-refractivity contribution is 5.95. The van der Waals surface area contributed by atoms with Crippen molar-refractivity contribution in [3.63, 3.8) is 0 Å². The molecule has 0 aliphatic rings. The van der Waals surface area contributed by atoms with E-state index in [0.29, 0.717) is 18.8 Å². The highest BCUT2D eigenvalue weighted by Crippen LogP contribution is 2.20. The predicted molar refractivity (Wildman–Crippen MR) is 111 cm³/mol. The fraction of sp³-hybridized carbons (Fsp3) is 0.391. The van der Waals surface area contributed by atoms with Crippen molar-refractivity contribution >= 4 is 17.5 Å². The number of amides is 2. The van der Waals surface area contributed by atoms with Crippen molar-refractivity contribution in [1.82, 2.24) is 5.32 Å². The monoisotopic (exact) mass is 366 g/mol. The zero-order valence-corrected chi connectivity index (χ0v) is 16.7. The fourth-order valence-electron chi connectivity index (χ4n) is 2.95. The van der Waals surface area contributed by atoms with Crippen LogP contribution in [0.4, 0.5) is 5.69 Å². The van der Waals surface area contributed by atoms with Crippen molar-refractivity contribution < 1.29 is 9.59 Å². The number of rotatable bonds is 8. The Morgan fingerprint density at radius 3 is 2.04 bits per heavy atom. The summed E-state index contributed by atoms with van der Waals surface area (Å²) in [5.74, 6) is 0.410. The van der Waals surface area contributed by atoms with Crippen LogP contribution < -0.4 is 10.6 Å². The highest BCUT2D eigenvalue weighted by Gasteiger charge is 2.15. The molecule has 0 aliphatic heterocycles. The summed E-state index contributed by atoms with van der Waals surface area (Å²) in [4.78, 5) is 23.9. The number of carbonyl (C=O) groups excluding carboxylic acids is 2. The standard InChI is InChI=1S/C23H30N2O2/c1-16(2)15-19-5-10-20(11-6-19)17(3)23(27)25-21-12-7-18(8-13-21)9-14-22(26)24-4/h5-8,10-13,16-17H,9,14-15H2,1-4H3,(H,24,26)(H,25,27). The molecule has 0 aromatic heterocycles. The average Bonchev–Trinajstić information content (AvgIpc) is 2.66. The third-order valence-corrected chi connectivity index (χ3v) is 4.66. The zero-order chi connectivity index (χ0) is 19.8. The van der Waals surface area contributed by atoms with Gasteiger partial charge in [-0.25, -0.2) is 0 Å². The van der Waals surface area contributed by atoms with Gasteiger partial charge in [-0.15, -0.1) is 0 Å². The van der Waals surface area contributed by atoms with E-state index >= 15 is 0 Å². The molecular weight excluding hydrogens is 336 g/mol. The van der Waals surface area contributed by atoms with E-state index in [1.54, 1.807) is 7.05 Å². The Kier molecular flexibility index (Phi) is 7.59. The van der Waals surface area contributed by atoms with Crippen LogP contribution in [0.3, 0.4) is 0 Å². The molecule has 2 amide bonds. The molecule has 2 N–H and O–H groups in total. The molecule has 2 aromatic rings. The first kappa shape index (κ1) is 20.7. The number of benzene rings is 2. The van der Waals surface area contributed by atoms with E-state index in [9.17, 15) is 9.59 Å². The van der Waals surface area contributed by atoms with E-state index < -0.39 is 0 Å². The van der Waals surface area contributed by atoms with E-state index in [-0.39, 0.29) is 17.7 Å². The second-order valence-corrected chi connectivity index (χ2v) is 7.42. The Bertz CT molecular complexity index is 749. The van der Waals surface area contributed by atoms with E-state index in [0.717, 1.165) is 23.2 Å². The van der Waals surface area contributed by atoms with Gasteiger partial charge in [0, 0.05) is 19.2 Å². The number of hydrogen-bond acceptors (Lipinski definition) is 2. The minimum atomic E-state index is -0.217. The summed E-state index contributed by atoms with van der Waals surface area (Å²) in [7, 11) is 1.64. The molecule has 0 heterocycles. The van der Waals surface area contributed by atoms with Crippen LogP contribution in [-0.4, -0.2) is 18.9 Å². The molecule has 0 saturated heterocycles. The van der Waals surface area contributed by atoms with Gasteiger partial charge in [0.05, 0.1) is 5.92 Å². The number of nitrogens with one attached hydrogen (secondary N) is 2. The average molecular weight is 367 g/mol. The quantitative estimate of drug-likeness (QED) is 0.731. The molecule has 0 bridgehead atoms. The second-order valence-electron chi connectivity index (χ2n) is 7.42. The molecule has 4 nitrogen and oxygen atoms in total. The van der Waals surface area contributed by atoms with Gasteiger partial charge in [0.15, 0.2) is 0 Å². The first-order valence-corrected chi connectivity index (χ1v) is 9.58. The molecule has 0 spiro atoms. The van der Waals surface area contributed by atoms with Crippen LogP contribution >= 0.6 is 0 Å². The third kappa shape index (κ3) is 6.55. The lowest BCUT2D eigenvalue weighted by molar-refractivity contribution is -0.120. The van der Waals surface area contributed by atoms with Crippen LogP contribution in [0.15, 0.2) is 48.5 Å². The first-order chi connectivity index (χ1) is 12.9. The van der Waals surface area contributed by atoms with Crippen molar-refractivity contribution in [3.05, 3.63) is 65.2 Å². The first-order valence-electron chi connectivity index (χ1n) is 9.58. The zero-order valence-electron chi connectivity index (χ0n) is 16.7. The van der Waals surface area contributed by atoms with Gasteiger partial charge >= 0.3 is 0 Å². The Hall–Kier alpha value is -2.62. The largest absolute Gasteiger partial charge is 0.359 e. The molecule has 144 valence electrons. The lowest BCUT2D eigenvalue weighted by Gasteiger charge is -2.14. The van der Waals surface area contributed by atoms with Crippen molar-refractivity contribution in [2.24, 2.45) is 5.92 Å². The lowest BCUT2D eigenvalue weighted by Crippen LogP contribution is -2.19. The maximum atomic E-state index is 12.6. The Morgan fingerprint density at radius 1 is 0.889 bits per heavy atom. The summed E-state index contributed by atoms with van der Waals surface area (Å²) in [6, 6.07) is 16.0. The Morgan fingerprint density at radius 2 is 1.48 bits per heavy atom. The van der Waals surface area contributed by atoms with E-state index in [2.05, 4.69) is 36.6 Å². The molecule has 1 atom stereocenters. The molecule has 0 radical (unpaired) electrons. The number of anilines is 1. The highest BCUT2D eigenvalue weighted by atomic mass is 16.2. The maximum absolute atomic E-state index is 12.6. The van der Waals surface area contributed by atoms with Gasteiger partial charge in [-0.3, -0.25) is 9.59 Å². The molecule has 2 rings (SSSR count). The van der Waals surface area contributed by atoms with Gasteiger partial charge in [0.1, 0.15) is 0 Å². The van der Waals surface area contributed by atoms with Crippen LogP contribution in [0, 0.1) is 5.92 Å². The Balaban J connectivity index is 1.92. The predicted octanol–water partition coefficient (Wildman–Crippen LogP) is 4.31. The summed E-state index contributed by atoms with van der Waals surface area (Å²) in [5.41, 5.74) is 4.16. The van der Waals surface area contributed by atoms with Crippen LogP contribution in [0.25, 0.3) is 0 Å². The molecule has 4 heteroatoms. The molecule has 0 saturated carbocycles. The van der Waals surface area contributed by atoms with Gasteiger partial charge < -0.3 is 10.6 Å². The molecule has 0 fully saturated rings. The van der Waals surface area contributed by atoms with Crippen molar-refractivity contribution in [1.29, 1.82) is 0 Å². The minimum absolute atomic E-state index is 0.0234. The minimum Gasteiger partial charge on any atom is -0.359 e. The summed E-state index contributed by atoms with van der Waals surface area (Å²) in [6.45, 7) is 6.33.